The van der Waals surface area contributed by atoms with Gasteiger partial charge in [0.25, 0.3) is 0 Å². The third kappa shape index (κ3) is 2.53. The van der Waals surface area contributed by atoms with Crippen LogP contribution in [0.3, 0.4) is 0 Å². The lowest BCUT2D eigenvalue weighted by molar-refractivity contribution is -0.126. The van der Waals surface area contributed by atoms with Crippen molar-refractivity contribution in [3.05, 3.63) is 42.0 Å². The van der Waals surface area contributed by atoms with Gasteiger partial charge in [0.1, 0.15) is 5.92 Å². The van der Waals surface area contributed by atoms with Crippen molar-refractivity contribution in [2.75, 3.05) is 19.6 Å². The van der Waals surface area contributed by atoms with Gasteiger partial charge in [-0.1, -0.05) is 43.3 Å². The number of carbonyl (C=O) groups excluding carboxylic acids is 1. The van der Waals surface area contributed by atoms with Crippen LogP contribution in [0, 0.1) is 22.7 Å². The molecule has 1 aromatic rings. The Morgan fingerprint density at radius 3 is 2.59 bits per heavy atom. The molecule has 1 amide bonds. The molecule has 0 unspecified atom stereocenters. The van der Waals surface area contributed by atoms with Gasteiger partial charge in [-0.15, -0.1) is 0 Å². The van der Waals surface area contributed by atoms with Gasteiger partial charge in [0, 0.05) is 11.1 Å². The molecule has 1 spiro atoms. The normalized spacial score (nSPS) is 24.5. The quantitative estimate of drug-likeness (QED) is 0.911. The highest BCUT2D eigenvalue weighted by atomic mass is 16.2. The molecule has 1 N–H and O–H groups in total. The molecule has 3 rings (SSSR count). The van der Waals surface area contributed by atoms with Crippen molar-refractivity contribution in [2.24, 2.45) is 11.3 Å². The van der Waals surface area contributed by atoms with E-state index < -0.39 is 5.92 Å². The van der Waals surface area contributed by atoms with Crippen LogP contribution in [0.25, 0.3) is 5.70 Å². The highest BCUT2D eigenvalue weighted by molar-refractivity contribution is 5.93. The first kappa shape index (κ1) is 14.8. The van der Waals surface area contributed by atoms with Gasteiger partial charge in [-0.25, -0.2) is 0 Å². The van der Waals surface area contributed by atoms with Crippen molar-refractivity contribution in [1.82, 2.24) is 10.2 Å². The fraction of sp³-hybridized carbons (Fsp3) is 0.444. The Balaban J connectivity index is 1.98. The summed E-state index contributed by atoms with van der Waals surface area (Å²) in [5.74, 6) is -0.743. The summed E-state index contributed by atoms with van der Waals surface area (Å²) in [6.45, 7) is 5.06. The largest absolute Gasteiger partial charge is 0.325 e. The van der Waals surface area contributed by atoms with E-state index >= 15 is 0 Å². The van der Waals surface area contributed by atoms with Crippen molar-refractivity contribution >= 4 is 11.6 Å². The van der Waals surface area contributed by atoms with E-state index in [1.54, 1.807) is 0 Å². The predicted octanol–water partition coefficient (Wildman–Crippen LogP) is 2.40. The number of allylic oxidation sites excluding steroid dienone is 1. The molecule has 2 aliphatic rings. The van der Waals surface area contributed by atoms with E-state index in [1.807, 2.05) is 30.3 Å². The minimum absolute atomic E-state index is 0.159. The summed E-state index contributed by atoms with van der Waals surface area (Å²) < 4.78 is 0. The van der Waals surface area contributed by atoms with Gasteiger partial charge in [0.05, 0.1) is 6.07 Å². The van der Waals surface area contributed by atoms with Gasteiger partial charge >= 0.3 is 0 Å². The van der Waals surface area contributed by atoms with Gasteiger partial charge in [0.2, 0.25) is 5.91 Å². The van der Waals surface area contributed by atoms with E-state index in [-0.39, 0.29) is 11.3 Å². The van der Waals surface area contributed by atoms with Crippen molar-refractivity contribution in [2.45, 2.75) is 19.8 Å². The van der Waals surface area contributed by atoms with Gasteiger partial charge in [-0.2, -0.15) is 5.26 Å². The number of hydrogen-bond donors (Lipinski definition) is 1. The molecule has 0 bridgehead atoms. The summed E-state index contributed by atoms with van der Waals surface area (Å²) in [4.78, 5) is 14.8. The van der Waals surface area contributed by atoms with Crippen LogP contribution in [0.4, 0.5) is 0 Å². The topological polar surface area (TPSA) is 56.1 Å². The van der Waals surface area contributed by atoms with Gasteiger partial charge in [-0.05, 0) is 38.0 Å². The number of nitriles is 1. The number of carbonyl (C=O) groups is 1. The molecule has 0 aliphatic carbocycles. The standard InChI is InChI=1S/C18H21N3O/c1-2-21-10-8-18(9-11-21)12-16(14-6-4-3-5-7-14)20-17(22)15(18)13-19/h3-7,12,15H,2,8-11H2,1H3,(H,20,22)/t15-/m1/s1. The zero-order valence-electron chi connectivity index (χ0n) is 12.9. The lowest BCUT2D eigenvalue weighted by Gasteiger charge is -2.44. The van der Waals surface area contributed by atoms with E-state index in [2.05, 4.69) is 29.3 Å². The van der Waals surface area contributed by atoms with Crippen LogP contribution in [0.2, 0.25) is 0 Å². The number of likely N-dealkylation sites (tertiary alicyclic amines) is 1. The van der Waals surface area contributed by atoms with E-state index in [0.29, 0.717) is 0 Å². The zero-order chi connectivity index (χ0) is 15.6. The van der Waals surface area contributed by atoms with E-state index in [9.17, 15) is 10.1 Å². The lowest BCUT2D eigenvalue weighted by Crippen LogP contribution is -2.50. The van der Waals surface area contributed by atoms with Crippen LogP contribution in [-0.2, 0) is 4.79 Å². The summed E-state index contributed by atoms with van der Waals surface area (Å²) >= 11 is 0. The van der Waals surface area contributed by atoms with Crippen LogP contribution < -0.4 is 5.32 Å². The molecule has 1 atom stereocenters. The molecular formula is C18H21N3O. The van der Waals surface area contributed by atoms with Crippen molar-refractivity contribution < 1.29 is 4.79 Å². The van der Waals surface area contributed by atoms with Crippen LogP contribution in [0.15, 0.2) is 36.4 Å². The molecule has 114 valence electrons. The number of benzene rings is 1. The summed E-state index contributed by atoms with van der Waals surface area (Å²) in [5.41, 5.74) is 1.53. The molecule has 22 heavy (non-hydrogen) atoms. The molecule has 1 aromatic carbocycles. The second-order valence-corrected chi connectivity index (χ2v) is 6.14. The maximum Gasteiger partial charge on any atom is 0.242 e. The maximum absolute atomic E-state index is 12.4. The number of amides is 1. The minimum atomic E-state index is -0.584. The molecule has 1 fully saturated rings. The zero-order valence-corrected chi connectivity index (χ0v) is 12.9. The Bertz CT molecular complexity index is 621. The van der Waals surface area contributed by atoms with Crippen LogP contribution in [0.5, 0.6) is 0 Å². The third-order valence-electron chi connectivity index (χ3n) is 4.97. The van der Waals surface area contributed by atoms with Crippen LogP contribution in [-0.4, -0.2) is 30.4 Å². The second-order valence-electron chi connectivity index (χ2n) is 6.14. The summed E-state index contributed by atoms with van der Waals surface area (Å²) in [5, 5.41) is 12.4. The Morgan fingerprint density at radius 1 is 1.32 bits per heavy atom. The molecular weight excluding hydrogens is 274 g/mol. The number of rotatable bonds is 2. The summed E-state index contributed by atoms with van der Waals surface area (Å²) in [6.07, 6.45) is 3.87. The number of hydrogen-bond acceptors (Lipinski definition) is 3. The van der Waals surface area contributed by atoms with Crippen molar-refractivity contribution in [3.63, 3.8) is 0 Å². The smallest absolute Gasteiger partial charge is 0.242 e. The molecule has 4 heteroatoms. The Labute approximate surface area is 131 Å². The number of nitrogens with one attached hydrogen (secondary N) is 1. The van der Waals surface area contributed by atoms with E-state index in [1.165, 1.54) is 0 Å². The fourth-order valence-electron chi connectivity index (χ4n) is 3.55. The van der Waals surface area contributed by atoms with Crippen molar-refractivity contribution in [1.29, 1.82) is 5.26 Å². The SMILES string of the molecule is CCN1CCC2(C=C(c3ccccc3)NC(=O)[C@H]2C#N)CC1. The van der Waals surface area contributed by atoms with Crippen molar-refractivity contribution in [3.8, 4) is 6.07 Å². The highest BCUT2D eigenvalue weighted by Gasteiger charge is 2.46. The Kier molecular flexibility index (Phi) is 4.00. The Hall–Kier alpha value is -2.12. The first-order valence-electron chi connectivity index (χ1n) is 7.89. The first-order valence-corrected chi connectivity index (χ1v) is 7.89. The van der Waals surface area contributed by atoms with E-state index in [0.717, 1.165) is 43.7 Å². The predicted molar refractivity (Wildman–Crippen MR) is 85.4 cm³/mol. The number of piperidine rings is 1. The molecule has 0 saturated carbocycles. The molecule has 0 aromatic heterocycles. The van der Waals surface area contributed by atoms with Crippen LogP contribution in [0.1, 0.15) is 25.3 Å². The molecule has 1 saturated heterocycles. The van der Waals surface area contributed by atoms with Gasteiger partial charge in [0.15, 0.2) is 0 Å². The molecule has 4 nitrogen and oxygen atoms in total. The average Bonchev–Trinajstić information content (AvgIpc) is 2.56. The summed E-state index contributed by atoms with van der Waals surface area (Å²) in [7, 11) is 0. The molecule has 2 heterocycles. The van der Waals surface area contributed by atoms with Gasteiger partial charge in [-0.3, -0.25) is 4.79 Å². The Morgan fingerprint density at radius 2 is 2.00 bits per heavy atom. The monoisotopic (exact) mass is 295 g/mol. The molecule has 2 aliphatic heterocycles. The van der Waals surface area contributed by atoms with Crippen LogP contribution >= 0.6 is 0 Å². The third-order valence-corrected chi connectivity index (χ3v) is 4.97. The van der Waals surface area contributed by atoms with E-state index in [4.69, 9.17) is 0 Å². The highest BCUT2D eigenvalue weighted by Crippen LogP contribution is 2.44. The second kappa shape index (κ2) is 5.94. The lowest BCUT2D eigenvalue weighted by atomic mass is 9.66. The summed E-state index contributed by atoms with van der Waals surface area (Å²) in [6, 6.07) is 12.1. The average molecular weight is 295 g/mol. The van der Waals surface area contributed by atoms with Gasteiger partial charge < -0.3 is 10.2 Å². The number of nitrogens with zero attached hydrogens (tertiary/aromatic N) is 2. The minimum Gasteiger partial charge on any atom is -0.325 e. The first-order chi connectivity index (χ1) is 10.7. The fourth-order valence-corrected chi connectivity index (χ4v) is 3.55. The maximum atomic E-state index is 12.4. The molecule has 0 radical (unpaired) electrons.